The summed E-state index contributed by atoms with van der Waals surface area (Å²) in [6, 6.07) is 16.9. The molecule has 0 aliphatic carbocycles. The van der Waals surface area contributed by atoms with Gasteiger partial charge in [0.2, 0.25) is 0 Å². The number of nitrogens with zero attached hydrogens (tertiary/aromatic N) is 1. The number of amides is 3. The van der Waals surface area contributed by atoms with E-state index in [2.05, 4.69) is 37.1 Å². The van der Waals surface area contributed by atoms with Gasteiger partial charge >= 0.3 is 11.8 Å². The summed E-state index contributed by atoms with van der Waals surface area (Å²) in [6.07, 6.45) is 2.01. The summed E-state index contributed by atoms with van der Waals surface area (Å²) in [7, 11) is 0. The van der Waals surface area contributed by atoms with Gasteiger partial charge < -0.3 is 15.4 Å². The van der Waals surface area contributed by atoms with Crippen LogP contribution in [0.5, 0.6) is 5.75 Å². The number of nitrogens with one attached hydrogen (secondary N) is 3. The summed E-state index contributed by atoms with van der Waals surface area (Å²) in [5.41, 5.74) is 4.54. The number of anilines is 2. The third-order valence-corrected chi connectivity index (χ3v) is 5.63. The Hall–Kier alpha value is -3.40. The van der Waals surface area contributed by atoms with Crippen LogP contribution in [0.4, 0.5) is 11.4 Å². The predicted molar refractivity (Wildman–Crippen MR) is 145 cm³/mol. The maximum atomic E-state index is 12.3. The molecule has 3 N–H and O–H groups in total. The molecule has 8 nitrogen and oxygen atoms in total. The largest absolute Gasteiger partial charge is 0.483 e. The third-order valence-electron chi connectivity index (χ3n) is 4.70. The SMILES string of the molecule is CCc1ccccc1NC(=O)C(=O)N/N=C\c1cc(Br)ccc1OCC(=O)Nc1cc(Cl)cc(Cl)c1. The molecule has 0 aliphatic rings. The highest BCUT2D eigenvalue weighted by Crippen LogP contribution is 2.24. The summed E-state index contributed by atoms with van der Waals surface area (Å²) < 4.78 is 6.33. The minimum absolute atomic E-state index is 0.307. The van der Waals surface area contributed by atoms with Gasteiger partial charge in [-0.1, -0.05) is 64.3 Å². The van der Waals surface area contributed by atoms with E-state index in [1.165, 1.54) is 6.21 Å². The second-order valence-corrected chi connectivity index (χ2v) is 9.13. The molecule has 0 aromatic heterocycles. The van der Waals surface area contributed by atoms with E-state index in [4.69, 9.17) is 27.9 Å². The van der Waals surface area contributed by atoms with Crippen molar-refractivity contribution in [1.82, 2.24) is 5.43 Å². The fourth-order valence-electron chi connectivity index (χ4n) is 3.06. The minimum Gasteiger partial charge on any atom is -0.483 e. The van der Waals surface area contributed by atoms with Gasteiger partial charge in [-0.05, 0) is 54.4 Å². The standard InChI is InChI=1S/C25H21BrCl2N4O4/c1-2-15-5-3-4-6-21(15)31-24(34)25(35)32-29-13-16-9-17(26)7-8-22(16)36-14-23(33)30-20-11-18(27)10-19(28)12-20/h3-13H,2,14H2,1H3,(H,30,33)(H,31,34)(H,32,35)/b29-13-. The maximum Gasteiger partial charge on any atom is 0.329 e. The average Bonchev–Trinajstić information content (AvgIpc) is 2.83. The normalized spacial score (nSPS) is 10.7. The summed E-state index contributed by atoms with van der Waals surface area (Å²) in [5, 5.41) is 9.83. The van der Waals surface area contributed by atoms with E-state index in [0.717, 1.165) is 10.0 Å². The molecule has 0 heterocycles. The smallest absolute Gasteiger partial charge is 0.329 e. The highest BCUT2D eigenvalue weighted by molar-refractivity contribution is 9.10. The quantitative estimate of drug-likeness (QED) is 0.184. The van der Waals surface area contributed by atoms with Crippen molar-refractivity contribution in [3.8, 4) is 5.75 Å². The molecule has 0 saturated carbocycles. The van der Waals surface area contributed by atoms with Crippen molar-refractivity contribution < 1.29 is 19.1 Å². The Morgan fingerprint density at radius 3 is 2.42 bits per heavy atom. The Morgan fingerprint density at radius 1 is 0.972 bits per heavy atom. The van der Waals surface area contributed by atoms with E-state index in [0.29, 0.717) is 39.2 Å². The van der Waals surface area contributed by atoms with E-state index in [1.807, 2.05) is 19.1 Å². The number of carbonyl (C=O) groups excluding carboxylic acids is 3. The van der Waals surface area contributed by atoms with Gasteiger partial charge in [-0.3, -0.25) is 14.4 Å². The molecular weight excluding hydrogens is 571 g/mol. The van der Waals surface area contributed by atoms with E-state index in [1.54, 1.807) is 48.5 Å². The molecule has 186 valence electrons. The first-order valence-electron chi connectivity index (χ1n) is 10.7. The van der Waals surface area contributed by atoms with Gasteiger partial charge in [0.05, 0.1) is 6.21 Å². The fraction of sp³-hybridized carbons (Fsp3) is 0.120. The molecule has 0 radical (unpaired) electrons. The van der Waals surface area contributed by atoms with E-state index in [9.17, 15) is 14.4 Å². The predicted octanol–water partition coefficient (Wildman–Crippen LogP) is 5.42. The maximum absolute atomic E-state index is 12.3. The molecule has 3 rings (SSSR count). The topological polar surface area (TPSA) is 109 Å². The van der Waals surface area contributed by atoms with Crippen molar-refractivity contribution in [3.05, 3.63) is 86.3 Å². The number of hydrazone groups is 1. The summed E-state index contributed by atoms with van der Waals surface area (Å²) in [6.45, 7) is 1.64. The lowest BCUT2D eigenvalue weighted by molar-refractivity contribution is -0.136. The second-order valence-electron chi connectivity index (χ2n) is 7.34. The number of hydrogen-bond donors (Lipinski definition) is 3. The summed E-state index contributed by atoms with van der Waals surface area (Å²) in [5.74, 6) is -1.89. The number of para-hydroxylation sites is 1. The van der Waals surface area contributed by atoms with Gasteiger partial charge in [0.25, 0.3) is 5.91 Å². The van der Waals surface area contributed by atoms with Gasteiger partial charge in [0, 0.05) is 31.5 Å². The first kappa shape index (κ1) is 27.2. The number of benzene rings is 3. The zero-order valence-corrected chi connectivity index (χ0v) is 22.1. The molecule has 0 bridgehead atoms. The number of carbonyl (C=O) groups is 3. The Morgan fingerprint density at radius 2 is 1.69 bits per heavy atom. The van der Waals surface area contributed by atoms with Crippen molar-refractivity contribution in [1.29, 1.82) is 0 Å². The van der Waals surface area contributed by atoms with Gasteiger partial charge in [0.15, 0.2) is 6.61 Å². The van der Waals surface area contributed by atoms with Crippen LogP contribution < -0.4 is 20.8 Å². The van der Waals surface area contributed by atoms with E-state index in [-0.39, 0.29) is 6.61 Å². The molecule has 0 aliphatic heterocycles. The molecule has 0 fully saturated rings. The van der Waals surface area contributed by atoms with Gasteiger partial charge in [-0.25, -0.2) is 5.43 Å². The molecule has 11 heteroatoms. The van der Waals surface area contributed by atoms with Crippen LogP contribution in [0, 0.1) is 0 Å². The molecule has 0 saturated heterocycles. The third kappa shape index (κ3) is 8.08. The molecule has 0 unspecified atom stereocenters. The number of aryl methyl sites for hydroxylation is 1. The molecule has 0 spiro atoms. The second kappa shape index (κ2) is 13.1. The summed E-state index contributed by atoms with van der Waals surface area (Å²) in [4.78, 5) is 36.7. The molecule has 3 aromatic rings. The van der Waals surface area contributed by atoms with Gasteiger partial charge in [-0.2, -0.15) is 5.10 Å². The number of ether oxygens (including phenoxy) is 1. The lowest BCUT2D eigenvalue weighted by Crippen LogP contribution is -2.32. The Balaban J connectivity index is 1.59. The zero-order valence-electron chi connectivity index (χ0n) is 19.0. The van der Waals surface area contributed by atoms with Crippen molar-refractivity contribution >= 4 is 74.4 Å². The van der Waals surface area contributed by atoms with Crippen LogP contribution in [0.3, 0.4) is 0 Å². The Kier molecular flexibility index (Phi) is 9.86. The van der Waals surface area contributed by atoms with Crippen LogP contribution in [0.15, 0.2) is 70.2 Å². The van der Waals surface area contributed by atoms with Crippen LogP contribution >= 0.6 is 39.1 Å². The molecule has 0 atom stereocenters. The van der Waals surface area contributed by atoms with Crippen molar-refractivity contribution in [2.75, 3.05) is 17.2 Å². The lowest BCUT2D eigenvalue weighted by atomic mass is 10.1. The zero-order chi connectivity index (χ0) is 26.1. The Labute approximate surface area is 226 Å². The molecule has 3 aromatic carbocycles. The lowest BCUT2D eigenvalue weighted by Gasteiger charge is -2.11. The first-order chi connectivity index (χ1) is 17.2. The summed E-state index contributed by atoms with van der Waals surface area (Å²) >= 11 is 15.2. The van der Waals surface area contributed by atoms with E-state index < -0.39 is 17.7 Å². The average molecular weight is 592 g/mol. The number of rotatable bonds is 8. The minimum atomic E-state index is -0.936. The van der Waals surface area contributed by atoms with E-state index >= 15 is 0 Å². The monoisotopic (exact) mass is 590 g/mol. The van der Waals surface area contributed by atoms with Crippen LogP contribution in [-0.4, -0.2) is 30.5 Å². The molecule has 36 heavy (non-hydrogen) atoms. The van der Waals surface area contributed by atoms with Crippen LogP contribution in [0.1, 0.15) is 18.1 Å². The van der Waals surface area contributed by atoms with Crippen molar-refractivity contribution in [3.63, 3.8) is 0 Å². The number of halogens is 3. The first-order valence-corrected chi connectivity index (χ1v) is 12.2. The Bertz CT molecular complexity index is 1300. The van der Waals surface area contributed by atoms with Gasteiger partial charge in [-0.15, -0.1) is 0 Å². The van der Waals surface area contributed by atoms with Crippen LogP contribution in [-0.2, 0) is 20.8 Å². The van der Waals surface area contributed by atoms with Crippen molar-refractivity contribution in [2.24, 2.45) is 5.10 Å². The highest BCUT2D eigenvalue weighted by Gasteiger charge is 2.14. The fourth-order valence-corrected chi connectivity index (χ4v) is 3.96. The van der Waals surface area contributed by atoms with Crippen molar-refractivity contribution in [2.45, 2.75) is 13.3 Å². The van der Waals surface area contributed by atoms with Gasteiger partial charge in [0.1, 0.15) is 5.75 Å². The molecule has 3 amide bonds. The highest BCUT2D eigenvalue weighted by atomic mass is 79.9. The number of hydrogen-bond acceptors (Lipinski definition) is 5. The molecular formula is C25H21BrCl2N4O4. The van der Waals surface area contributed by atoms with Crippen LogP contribution in [0.2, 0.25) is 10.0 Å². The van der Waals surface area contributed by atoms with Crippen LogP contribution in [0.25, 0.3) is 0 Å².